The van der Waals surface area contributed by atoms with Gasteiger partial charge in [0.25, 0.3) is 0 Å². The number of nitrogens with one attached hydrogen (secondary N) is 2. The molecular weight excluding hydrogens is 330 g/mol. The van der Waals surface area contributed by atoms with Crippen LogP contribution in [0.1, 0.15) is 48.7 Å². The van der Waals surface area contributed by atoms with E-state index in [1.165, 1.54) is 7.11 Å². The number of esters is 1. The van der Waals surface area contributed by atoms with E-state index in [1.807, 2.05) is 0 Å². The maximum atomic E-state index is 12.1. The fourth-order valence-electron chi connectivity index (χ4n) is 2.81. The number of nitrogens with zero attached hydrogens (tertiary/aromatic N) is 1. The summed E-state index contributed by atoms with van der Waals surface area (Å²) in [5, 5.41) is 3.23. The molecule has 8 heteroatoms. The summed E-state index contributed by atoms with van der Waals surface area (Å²) in [6, 6.07) is 0.211. The third kappa shape index (κ3) is 4.83. The lowest BCUT2D eigenvalue weighted by Crippen LogP contribution is -2.38. The van der Waals surface area contributed by atoms with Crippen LogP contribution in [-0.2, 0) is 9.53 Å². The zero-order valence-corrected chi connectivity index (χ0v) is 15.0. The average Bonchev–Trinajstić information content (AvgIpc) is 2.54. The summed E-state index contributed by atoms with van der Waals surface area (Å²) in [5.41, 5.74) is 0.0248. The Hall–Kier alpha value is -1.83. The van der Waals surface area contributed by atoms with Crippen molar-refractivity contribution in [2.24, 2.45) is 5.92 Å². The lowest BCUT2D eigenvalue weighted by molar-refractivity contribution is -0.119. The van der Waals surface area contributed by atoms with Crippen molar-refractivity contribution < 1.29 is 14.3 Å². The molecule has 132 valence electrons. The van der Waals surface area contributed by atoms with Crippen molar-refractivity contribution in [3.05, 3.63) is 21.7 Å². The fourth-order valence-corrected chi connectivity index (χ4v) is 3.69. The van der Waals surface area contributed by atoms with Gasteiger partial charge in [-0.2, -0.15) is 4.98 Å². The number of carbonyl (C=O) groups excluding carboxylic acids is 2. The molecule has 2 rings (SSSR count). The normalized spacial score (nSPS) is 20.5. The minimum atomic E-state index is -0.583. The van der Waals surface area contributed by atoms with Gasteiger partial charge in [-0.25, -0.2) is 9.59 Å². The Labute approximate surface area is 145 Å². The molecule has 1 aromatic rings. The molecule has 0 atom stereocenters. The van der Waals surface area contributed by atoms with E-state index in [0.29, 0.717) is 5.69 Å². The highest BCUT2D eigenvalue weighted by atomic mass is 32.2. The molecule has 0 saturated heterocycles. The van der Waals surface area contributed by atoms with Gasteiger partial charge >= 0.3 is 11.7 Å². The summed E-state index contributed by atoms with van der Waals surface area (Å²) in [6.45, 7) is 3.83. The largest absolute Gasteiger partial charge is 0.465 e. The van der Waals surface area contributed by atoms with Crippen molar-refractivity contribution in [1.29, 1.82) is 0 Å². The monoisotopic (exact) mass is 353 g/mol. The number of ether oxygens (including phenoxy) is 1. The number of rotatable bonds is 5. The van der Waals surface area contributed by atoms with Crippen LogP contribution < -0.4 is 11.0 Å². The molecule has 0 unspecified atom stereocenters. The van der Waals surface area contributed by atoms with Gasteiger partial charge < -0.3 is 15.0 Å². The highest BCUT2D eigenvalue weighted by Crippen LogP contribution is 2.24. The van der Waals surface area contributed by atoms with Crippen molar-refractivity contribution in [3.8, 4) is 0 Å². The first-order valence-corrected chi connectivity index (χ1v) is 9.00. The predicted molar refractivity (Wildman–Crippen MR) is 91.2 cm³/mol. The van der Waals surface area contributed by atoms with Gasteiger partial charge in [0.05, 0.1) is 12.9 Å². The lowest BCUT2D eigenvalue weighted by Gasteiger charge is -2.26. The quantitative estimate of drug-likeness (QED) is 0.474. The summed E-state index contributed by atoms with van der Waals surface area (Å²) in [4.78, 5) is 41.8. The first-order chi connectivity index (χ1) is 11.4. The van der Waals surface area contributed by atoms with Crippen LogP contribution in [0.15, 0.2) is 9.82 Å². The molecule has 1 heterocycles. The second-order valence-electron chi connectivity index (χ2n) is 6.15. The molecule has 24 heavy (non-hydrogen) atoms. The number of hydrogen-bond donors (Lipinski definition) is 2. The maximum Gasteiger partial charge on any atom is 0.346 e. The van der Waals surface area contributed by atoms with E-state index in [2.05, 4.69) is 22.2 Å². The molecule has 2 N–H and O–H groups in total. The van der Waals surface area contributed by atoms with Crippen LogP contribution in [0.3, 0.4) is 0 Å². The van der Waals surface area contributed by atoms with E-state index in [-0.39, 0.29) is 28.3 Å². The number of hydrogen-bond acceptors (Lipinski definition) is 6. The molecule has 0 bridgehead atoms. The smallest absolute Gasteiger partial charge is 0.346 e. The Morgan fingerprint density at radius 1 is 1.33 bits per heavy atom. The van der Waals surface area contributed by atoms with Crippen LogP contribution in [0.2, 0.25) is 0 Å². The van der Waals surface area contributed by atoms with Crippen LogP contribution >= 0.6 is 11.8 Å². The van der Waals surface area contributed by atoms with Crippen LogP contribution in [0.4, 0.5) is 0 Å². The summed E-state index contributed by atoms with van der Waals surface area (Å²) in [5.74, 6) is 0.125. The minimum absolute atomic E-state index is 0.103. The summed E-state index contributed by atoms with van der Waals surface area (Å²) >= 11 is 1.07. The summed E-state index contributed by atoms with van der Waals surface area (Å²) in [7, 11) is 1.26. The maximum absolute atomic E-state index is 12.1. The predicted octanol–water partition coefficient (Wildman–Crippen LogP) is 1.65. The van der Waals surface area contributed by atoms with E-state index >= 15 is 0 Å². The van der Waals surface area contributed by atoms with Crippen LogP contribution in [-0.4, -0.2) is 40.7 Å². The Morgan fingerprint density at radius 2 is 2.00 bits per heavy atom. The van der Waals surface area contributed by atoms with Crippen LogP contribution in [0.5, 0.6) is 0 Å². The first kappa shape index (κ1) is 18.5. The molecular formula is C16H23N3O4S. The highest BCUT2D eigenvalue weighted by molar-refractivity contribution is 8.00. The van der Waals surface area contributed by atoms with Gasteiger partial charge in [0.2, 0.25) is 5.91 Å². The fraction of sp³-hybridized carbons (Fsp3) is 0.625. The van der Waals surface area contributed by atoms with Crippen molar-refractivity contribution in [3.63, 3.8) is 0 Å². The molecule has 1 amide bonds. The molecule has 1 aliphatic rings. The van der Waals surface area contributed by atoms with E-state index in [4.69, 9.17) is 4.74 Å². The molecule has 1 aliphatic carbocycles. The molecule has 1 saturated carbocycles. The zero-order valence-electron chi connectivity index (χ0n) is 14.2. The van der Waals surface area contributed by atoms with Gasteiger partial charge in [0, 0.05) is 11.7 Å². The van der Waals surface area contributed by atoms with Crippen molar-refractivity contribution in [2.75, 3.05) is 12.9 Å². The SMILES string of the molecule is COC(=O)c1c(SCC(=O)NC2CCC(C)CC2)nc(=O)[nH]c1C. The summed E-state index contributed by atoms with van der Waals surface area (Å²) in [6.07, 6.45) is 4.24. The molecule has 7 nitrogen and oxygen atoms in total. The Balaban J connectivity index is 1.99. The molecule has 0 radical (unpaired) electrons. The Kier molecular flexibility index (Phi) is 6.42. The third-order valence-corrected chi connectivity index (χ3v) is 5.17. The van der Waals surface area contributed by atoms with E-state index in [0.717, 1.165) is 43.4 Å². The van der Waals surface area contributed by atoms with E-state index < -0.39 is 11.7 Å². The van der Waals surface area contributed by atoms with Crippen molar-refractivity contribution in [1.82, 2.24) is 15.3 Å². The highest BCUT2D eigenvalue weighted by Gasteiger charge is 2.22. The van der Waals surface area contributed by atoms with Gasteiger partial charge in [-0.3, -0.25) is 4.79 Å². The van der Waals surface area contributed by atoms with Crippen molar-refractivity contribution >= 4 is 23.6 Å². The van der Waals surface area contributed by atoms with Crippen LogP contribution in [0.25, 0.3) is 0 Å². The second kappa shape index (κ2) is 8.32. The average molecular weight is 353 g/mol. The van der Waals surface area contributed by atoms with E-state index in [9.17, 15) is 14.4 Å². The van der Waals surface area contributed by atoms with Gasteiger partial charge in [0.15, 0.2) is 0 Å². The Morgan fingerprint density at radius 3 is 2.62 bits per heavy atom. The second-order valence-corrected chi connectivity index (χ2v) is 7.12. The molecule has 1 fully saturated rings. The number of thioether (sulfide) groups is 1. The van der Waals surface area contributed by atoms with Gasteiger partial charge in [-0.05, 0) is 38.5 Å². The number of aromatic nitrogens is 2. The molecule has 1 aromatic heterocycles. The van der Waals surface area contributed by atoms with Gasteiger partial charge in [-0.15, -0.1) is 0 Å². The third-order valence-electron chi connectivity index (χ3n) is 4.20. The molecule has 0 aromatic carbocycles. The first-order valence-electron chi connectivity index (χ1n) is 8.02. The number of amides is 1. The van der Waals surface area contributed by atoms with Crippen molar-refractivity contribution in [2.45, 2.75) is 50.6 Å². The van der Waals surface area contributed by atoms with Crippen LogP contribution in [0, 0.1) is 12.8 Å². The number of methoxy groups -OCH3 is 1. The number of aryl methyl sites for hydroxylation is 1. The number of H-pyrrole nitrogens is 1. The lowest BCUT2D eigenvalue weighted by atomic mass is 9.87. The number of carbonyl (C=O) groups is 2. The zero-order chi connectivity index (χ0) is 17.7. The topological polar surface area (TPSA) is 101 Å². The van der Waals surface area contributed by atoms with Gasteiger partial charge in [-0.1, -0.05) is 18.7 Å². The molecule has 0 spiro atoms. The standard InChI is InChI=1S/C16H23N3O4S/c1-9-4-6-11(7-5-9)18-12(20)8-24-14-13(15(21)23-3)10(2)17-16(22)19-14/h9,11H,4-8H2,1-3H3,(H,18,20)(H,17,19,22). The molecule has 0 aliphatic heterocycles. The minimum Gasteiger partial charge on any atom is -0.465 e. The summed E-state index contributed by atoms with van der Waals surface area (Å²) < 4.78 is 4.72. The van der Waals surface area contributed by atoms with Gasteiger partial charge in [0.1, 0.15) is 10.6 Å². The van der Waals surface area contributed by atoms with E-state index in [1.54, 1.807) is 6.92 Å². The number of aromatic amines is 1. The Bertz CT molecular complexity index is 666.